The molecule has 1 atom stereocenters. The molecule has 0 bridgehead atoms. The zero-order valence-electron chi connectivity index (χ0n) is 15.2. The first-order chi connectivity index (χ1) is 12.6. The van der Waals surface area contributed by atoms with Crippen molar-refractivity contribution in [2.24, 2.45) is 0 Å². The van der Waals surface area contributed by atoms with E-state index in [2.05, 4.69) is 5.32 Å². The summed E-state index contributed by atoms with van der Waals surface area (Å²) in [6, 6.07) is 8.86. The molecule has 27 heavy (non-hydrogen) atoms. The van der Waals surface area contributed by atoms with Crippen LogP contribution in [-0.2, 0) is 22.1 Å². The first-order valence-corrected chi connectivity index (χ1v) is 8.24. The predicted molar refractivity (Wildman–Crippen MR) is 94.3 cm³/mol. The van der Waals surface area contributed by atoms with Crippen molar-refractivity contribution in [3.05, 3.63) is 70.3 Å². The molecule has 1 N–H and O–H groups in total. The van der Waals surface area contributed by atoms with Crippen LogP contribution in [0.5, 0.6) is 0 Å². The molecular formula is C20H20F3NO3. The predicted octanol–water partition coefficient (Wildman–Crippen LogP) is 3.84. The van der Waals surface area contributed by atoms with E-state index >= 15 is 0 Å². The fourth-order valence-corrected chi connectivity index (χ4v) is 2.67. The minimum absolute atomic E-state index is 0.105. The number of carbonyl (C=O) groups excluding carboxylic acids is 2. The van der Waals surface area contributed by atoms with Crippen LogP contribution in [-0.4, -0.2) is 25.0 Å². The number of amides is 1. The van der Waals surface area contributed by atoms with Gasteiger partial charge in [0.25, 0.3) is 5.91 Å². The Bertz CT molecular complexity index is 847. The minimum Gasteiger partial charge on any atom is -0.467 e. The number of alkyl halides is 3. The SMILES string of the molecule is COC(=O)[C@H](Cc1ccc(C)c(C)c1)NC(=O)c1ccccc1C(F)(F)F. The topological polar surface area (TPSA) is 55.4 Å². The third-order valence-electron chi connectivity index (χ3n) is 4.28. The average Bonchev–Trinajstić information content (AvgIpc) is 2.62. The van der Waals surface area contributed by atoms with Crippen molar-refractivity contribution in [2.75, 3.05) is 7.11 Å². The summed E-state index contributed by atoms with van der Waals surface area (Å²) in [5.41, 5.74) is 1.23. The first kappa shape index (κ1) is 20.5. The third-order valence-corrected chi connectivity index (χ3v) is 4.28. The Labute approximate surface area is 155 Å². The number of nitrogens with one attached hydrogen (secondary N) is 1. The van der Waals surface area contributed by atoms with Gasteiger partial charge >= 0.3 is 12.1 Å². The Hall–Kier alpha value is -2.83. The van der Waals surface area contributed by atoms with E-state index < -0.39 is 35.2 Å². The van der Waals surface area contributed by atoms with E-state index in [4.69, 9.17) is 4.74 Å². The van der Waals surface area contributed by atoms with Crippen molar-refractivity contribution in [3.8, 4) is 0 Å². The van der Waals surface area contributed by atoms with Crippen LogP contribution in [0.15, 0.2) is 42.5 Å². The molecule has 144 valence electrons. The summed E-state index contributed by atoms with van der Waals surface area (Å²) in [6.07, 6.45) is -4.57. The second-order valence-corrected chi connectivity index (χ2v) is 6.22. The summed E-state index contributed by atoms with van der Waals surface area (Å²) in [4.78, 5) is 24.5. The van der Waals surface area contributed by atoms with Crippen molar-refractivity contribution in [1.82, 2.24) is 5.32 Å². The Morgan fingerprint density at radius 2 is 1.74 bits per heavy atom. The molecule has 0 unspecified atom stereocenters. The Morgan fingerprint density at radius 3 is 2.33 bits per heavy atom. The molecule has 0 saturated carbocycles. The molecule has 2 aromatic carbocycles. The molecule has 0 heterocycles. The molecular weight excluding hydrogens is 359 g/mol. The highest BCUT2D eigenvalue weighted by Crippen LogP contribution is 2.31. The van der Waals surface area contributed by atoms with E-state index in [9.17, 15) is 22.8 Å². The maximum Gasteiger partial charge on any atom is 0.417 e. The number of rotatable bonds is 5. The monoisotopic (exact) mass is 379 g/mol. The highest BCUT2D eigenvalue weighted by molar-refractivity contribution is 5.98. The molecule has 0 saturated heterocycles. The Morgan fingerprint density at radius 1 is 1.07 bits per heavy atom. The van der Waals surface area contributed by atoms with Crippen LogP contribution in [0.25, 0.3) is 0 Å². The normalized spacial score (nSPS) is 12.4. The molecule has 0 fully saturated rings. The fourth-order valence-electron chi connectivity index (χ4n) is 2.67. The van der Waals surface area contributed by atoms with Crippen LogP contribution >= 0.6 is 0 Å². The quantitative estimate of drug-likeness (QED) is 0.804. The van der Waals surface area contributed by atoms with Gasteiger partial charge in [-0.15, -0.1) is 0 Å². The molecule has 0 aliphatic rings. The van der Waals surface area contributed by atoms with Gasteiger partial charge in [0.05, 0.1) is 18.2 Å². The minimum atomic E-state index is -4.68. The average molecular weight is 379 g/mol. The van der Waals surface area contributed by atoms with Gasteiger partial charge in [-0.3, -0.25) is 4.79 Å². The summed E-state index contributed by atoms with van der Waals surface area (Å²) in [7, 11) is 1.16. The number of ether oxygens (including phenoxy) is 1. The third kappa shape index (κ3) is 5.09. The lowest BCUT2D eigenvalue weighted by Crippen LogP contribution is -2.43. The van der Waals surface area contributed by atoms with E-state index in [-0.39, 0.29) is 6.42 Å². The maximum atomic E-state index is 13.1. The number of halogens is 3. The van der Waals surface area contributed by atoms with E-state index in [1.807, 2.05) is 26.0 Å². The van der Waals surface area contributed by atoms with Crippen LogP contribution < -0.4 is 5.32 Å². The second kappa shape index (κ2) is 8.24. The van der Waals surface area contributed by atoms with Gasteiger partial charge in [-0.05, 0) is 42.7 Å². The highest BCUT2D eigenvalue weighted by atomic mass is 19.4. The molecule has 0 aromatic heterocycles. The van der Waals surface area contributed by atoms with Crippen LogP contribution in [0.2, 0.25) is 0 Å². The summed E-state index contributed by atoms with van der Waals surface area (Å²) in [6.45, 7) is 3.84. The summed E-state index contributed by atoms with van der Waals surface area (Å²) in [5.74, 6) is -1.71. The molecule has 4 nitrogen and oxygen atoms in total. The molecule has 0 spiro atoms. The van der Waals surface area contributed by atoms with Gasteiger partial charge in [0.15, 0.2) is 0 Å². The zero-order valence-corrected chi connectivity index (χ0v) is 15.2. The molecule has 2 aromatic rings. The number of hydrogen-bond donors (Lipinski definition) is 1. The van der Waals surface area contributed by atoms with Crippen LogP contribution in [0, 0.1) is 13.8 Å². The van der Waals surface area contributed by atoms with Gasteiger partial charge in [-0.1, -0.05) is 30.3 Å². The van der Waals surface area contributed by atoms with Gasteiger partial charge in [-0.2, -0.15) is 13.2 Å². The van der Waals surface area contributed by atoms with Crippen LogP contribution in [0.3, 0.4) is 0 Å². The number of methoxy groups -OCH3 is 1. The van der Waals surface area contributed by atoms with Crippen molar-refractivity contribution < 1.29 is 27.5 Å². The summed E-state index contributed by atoms with van der Waals surface area (Å²) >= 11 is 0. The van der Waals surface area contributed by atoms with E-state index in [0.717, 1.165) is 35.9 Å². The number of hydrogen-bond acceptors (Lipinski definition) is 3. The standard InChI is InChI=1S/C20H20F3NO3/c1-12-8-9-14(10-13(12)2)11-17(19(26)27-3)24-18(25)15-6-4-5-7-16(15)20(21,22)23/h4-10,17H,11H2,1-3H3,(H,24,25)/t17-/m0/s1. The van der Waals surface area contributed by atoms with Crippen molar-refractivity contribution in [2.45, 2.75) is 32.5 Å². The molecule has 1 amide bonds. The maximum absolute atomic E-state index is 13.1. The lowest BCUT2D eigenvalue weighted by molar-refractivity contribution is -0.142. The first-order valence-electron chi connectivity index (χ1n) is 8.24. The Balaban J connectivity index is 2.28. The lowest BCUT2D eigenvalue weighted by atomic mass is 10.00. The zero-order chi connectivity index (χ0) is 20.2. The van der Waals surface area contributed by atoms with Gasteiger partial charge < -0.3 is 10.1 Å². The van der Waals surface area contributed by atoms with Gasteiger partial charge in [-0.25, -0.2) is 4.79 Å². The molecule has 0 radical (unpaired) electrons. The van der Waals surface area contributed by atoms with Gasteiger partial charge in [0.1, 0.15) is 6.04 Å². The van der Waals surface area contributed by atoms with Crippen molar-refractivity contribution in [3.63, 3.8) is 0 Å². The number of benzene rings is 2. The van der Waals surface area contributed by atoms with Gasteiger partial charge in [0, 0.05) is 6.42 Å². The smallest absolute Gasteiger partial charge is 0.417 e. The Kier molecular flexibility index (Phi) is 6.25. The molecule has 7 heteroatoms. The van der Waals surface area contributed by atoms with Crippen LogP contribution in [0.4, 0.5) is 13.2 Å². The van der Waals surface area contributed by atoms with Crippen molar-refractivity contribution >= 4 is 11.9 Å². The van der Waals surface area contributed by atoms with Crippen LogP contribution in [0.1, 0.15) is 32.6 Å². The van der Waals surface area contributed by atoms with E-state index in [0.29, 0.717) is 0 Å². The molecule has 2 rings (SSSR count). The summed E-state index contributed by atoms with van der Waals surface area (Å²) in [5, 5.41) is 2.37. The second-order valence-electron chi connectivity index (χ2n) is 6.22. The molecule has 0 aliphatic carbocycles. The number of aryl methyl sites for hydroxylation is 2. The molecule has 0 aliphatic heterocycles. The van der Waals surface area contributed by atoms with Gasteiger partial charge in [0.2, 0.25) is 0 Å². The van der Waals surface area contributed by atoms with E-state index in [1.165, 1.54) is 12.1 Å². The summed E-state index contributed by atoms with van der Waals surface area (Å²) < 4.78 is 44.1. The number of esters is 1. The highest BCUT2D eigenvalue weighted by Gasteiger charge is 2.35. The lowest BCUT2D eigenvalue weighted by Gasteiger charge is -2.19. The van der Waals surface area contributed by atoms with Crippen molar-refractivity contribution in [1.29, 1.82) is 0 Å². The number of carbonyl (C=O) groups is 2. The largest absolute Gasteiger partial charge is 0.467 e. The fraction of sp³-hybridized carbons (Fsp3) is 0.300. The van der Waals surface area contributed by atoms with E-state index in [1.54, 1.807) is 6.07 Å².